The van der Waals surface area contributed by atoms with E-state index in [1.165, 1.54) is 6.33 Å². The van der Waals surface area contributed by atoms with Crippen LogP contribution in [0, 0.1) is 4.77 Å². The van der Waals surface area contributed by atoms with Crippen LogP contribution in [0.5, 0.6) is 0 Å². The first-order chi connectivity index (χ1) is 8.33. The van der Waals surface area contributed by atoms with E-state index in [4.69, 9.17) is 17.0 Å². The molecule has 0 atom stereocenters. The van der Waals surface area contributed by atoms with Gasteiger partial charge >= 0.3 is 0 Å². The van der Waals surface area contributed by atoms with Crippen molar-refractivity contribution in [3.63, 3.8) is 0 Å². The number of aromatic nitrogens is 5. The zero-order valence-corrected chi connectivity index (χ0v) is 10.3. The van der Waals surface area contributed by atoms with Gasteiger partial charge in [-0.15, -0.1) is 0 Å². The van der Waals surface area contributed by atoms with Crippen molar-refractivity contribution < 1.29 is 4.74 Å². The minimum atomic E-state index is 0.573. The van der Waals surface area contributed by atoms with Crippen molar-refractivity contribution in [3.8, 4) is 11.4 Å². The van der Waals surface area contributed by atoms with E-state index < -0.39 is 0 Å². The number of rotatable bonds is 5. The maximum absolute atomic E-state index is 5.31. The summed E-state index contributed by atoms with van der Waals surface area (Å²) in [7, 11) is 0. The quantitative estimate of drug-likeness (QED) is 0.643. The Morgan fingerprint density at radius 1 is 1.41 bits per heavy atom. The highest BCUT2D eigenvalue weighted by Crippen LogP contribution is 2.14. The molecule has 0 saturated heterocycles. The molecule has 2 rings (SSSR count). The van der Waals surface area contributed by atoms with Crippen LogP contribution in [-0.4, -0.2) is 37.9 Å². The molecule has 7 heteroatoms. The number of H-pyrrole nitrogens is 1. The molecule has 0 radical (unpaired) electrons. The molecule has 6 nitrogen and oxygen atoms in total. The van der Waals surface area contributed by atoms with Crippen LogP contribution >= 0.6 is 12.2 Å². The van der Waals surface area contributed by atoms with Crippen molar-refractivity contribution in [1.82, 2.24) is 24.7 Å². The smallest absolute Gasteiger partial charge is 0.195 e. The van der Waals surface area contributed by atoms with Gasteiger partial charge in [-0.3, -0.25) is 9.67 Å². The standard InChI is InChI=1S/C10H13N5OS/c1-2-16-4-3-15-9(13-14-10(15)17)8-5-11-7-12-6-8/h5-7H,2-4H2,1H3,(H,14,17). The summed E-state index contributed by atoms with van der Waals surface area (Å²) >= 11 is 5.17. The molecule has 1 N–H and O–H groups in total. The first-order valence-electron chi connectivity index (χ1n) is 5.31. The van der Waals surface area contributed by atoms with Gasteiger partial charge < -0.3 is 4.74 Å². The van der Waals surface area contributed by atoms with E-state index in [-0.39, 0.29) is 0 Å². The number of hydrogen-bond donors (Lipinski definition) is 1. The summed E-state index contributed by atoms with van der Waals surface area (Å²) in [5.41, 5.74) is 0.830. The van der Waals surface area contributed by atoms with Gasteiger partial charge in [0.1, 0.15) is 6.33 Å². The van der Waals surface area contributed by atoms with Gasteiger partial charge in [0.05, 0.1) is 18.7 Å². The summed E-state index contributed by atoms with van der Waals surface area (Å²) in [6.45, 7) is 3.91. The van der Waals surface area contributed by atoms with Gasteiger partial charge in [-0.2, -0.15) is 5.10 Å². The Kier molecular flexibility index (Phi) is 3.94. The highest BCUT2D eigenvalue weighted by atomic mass is 32.1. The largest absolute Gasteiger partial charge is 0.380 e. The maximum Gasteiger partial charge on any atom is 0.195 e. The summed E-state index contributed by atoms with van der Waals surface area (Å²) in [5, 5.41) is 6.94. The van der Waals surface area contributed by atoms with Crippen LogP contribution in [0.4, 0.5) is 0 Å². The molecule has 0 aromatic carbocycles. The monoisotopic (exact) mass is 251 g/mol. The molecular formula is C10H13N5OS. The third-order valence-electron chi connectivity index (χ3n) is 2.24. The lowest BCUT2D eigenvalue weighted by atomic mass is 10.3. The molecule has 0 aliphatic heterocycles. The normalized spacial score (nSPS) is 10.6. The van der Waals surface area contributed by atoms with E-state index in [1.807, 2.05) is 11.5 Å². The van der Waals surface area contributed by atoms with Crippen molar-refractivity contribution in [2.45, 2.75) is 13.5 Å². The molecule has 0 fully saturated rings. The Morgan fingerprint density at radius 3 is 2.88 bits per heavy atom. The van der Waals surface area contributed by atoms with Gasteiger partial charge in [0.2, 0.25) is 0 Å². The van der Waals surface area contributed by atoms with Crippen molar-refractivity contribution in [2.75, 3.05) is 13.2 Å². The topological polar surface area (TPSA) is 68.6 Å². The van der Waals surface area contributed by atoms with E-state index in [0.29, 0.717) is 24.5 Å². The molecule has 90 valence electrons. The van der Waals surface area contributed by atoms with Crippen LogP contribution in [0.2, 0.25) is 0 Å². The second-order valence-corrected chi connectivity index (χ2v) is 3.71. The van der Waals surface area contributed by atoms with Gasteiger partial charge in [-0.25, -0.2) is 9.97 Å². The molecule has 0 unspecified atom stereocenters. The zero-order chi connectivity index (χ0) is 12.1. The number of nitrogens with zero attached hydrogens (tertiary/aromatic N) is 4. The maximum atomic E-state index is 5.31. The van der Waals surface area contributed by atoms with Crippen molar-refractivity contribution in [1.29, 1.82) is 0 Å². The highest BCUT2D eigenvalue weighted by Gasteiger charge is 2.08. The fourth-order valence-electron chi connectivity index (χ4n) is 1.46. The van der Waals surface area contributed by atoms with Crippen LogP contribution in [0.15, 0.2) is 18.7 Å². The number of nitrogens with one attached hydrogen (secondary N) is 1. The Hall–Kier alpha value is -1.60. The van der Waals surface area contributed by atoms with Crippen molar-refractivity contribution in [3.05, 3.63) is 23.5 Å². The third kappa shape index (κ3) is 2.75. The number of ether oxygens (including phenoxy) is 1. The molecule has 0 amide bonds. The van der Waals surface area contributed by atoms with E-state index in [9.17, 15) is 0 Å². The van der Waals surface area contributed by atoms with E-state index >= 15 is 0 Å². The summed E-state index contributed by atoms with van der Waals surface area (Å²) in [6, 6.07) is 0. The van der Waals surface area contributed by atoms with Crippen molar-refractivity contribution in [2.24, 2.45) is 0 Å². The van der Waals surface area contributed by atoms with Gasteiger partial charge in [0.15, 0.2) is 10.6 Å². The minimum Gasteiger partial charge on any atom is -0.380 e. The van der Waals surface area contributed by atoms with Crippen LogP contribution in [-0.2, 0) is 11.3 Å². The fourth-order valence-corrected chi connectivity index (χ4v) is 1.68. The number of hydrogen-bond acceptors (Lipinski definition) is 5. The zero-order valence-electron chi connectivity index (χ0n) is 9.46. The second kappa shape index (κ2) is 5.65. The third-order valence-corrected chi connectivity index (χ3v) is 2.55. The first kappa shape index (κ1) is 11.9. The molecule has 17 heavy (non-hydrogen) atoms. The minimum absolute atomic E-state index is 0.573. The molecular weight excluding hydrogens is 238 g/mol. The molecule has 0 saturated carbocycles. The summed E-state index contributed by atoms with van der Waals surface area (Å²) in [5.74, 6) is 0.732. The lowest BCUT2D eigenvalue weighted by molar-refractivity contribution is 0.139. The lowest BCUT2D eigenvalue weighted by Crippen LogP contribution is -2.07. The Labute approximate surface area is 104 Å². The Bertz CT molecular complexity index is 521. The lowest BCUT2D eigenvalue weighted by Gasteiger charge is -2.06. The predicted molar refractivity (Wildman–Crippen MR) is 64.9 cm³/mol. The molecule has 2 heterocycles. The SMILES string of the molecule is CCOCCn1c(-c2cncnc2)n[nH]c1=S. The Balaban J connectivity index is 2.26. The highest BCUT2D eigenvalue weighted by molar-refractivity contribution is 7.71. The van der Waals surface area contributed by atoms with Crippen LogP contribution in [0.25, 0.3) is 11.4 Å². The van der Waals surface area contributed by atoms with E-state index in [2.05, 4.69) is 20.2 Å². The molecule has 0 aliphatic carbocycles. The molecule has 2 aromatic heterocycles. The van der Waals surface area contributed by atoms with E-state index in [0.717, 1.165) is 11.4 Å². The summed E-state index contributed by atoms with van der Waals surface area (Å²) < 4.78 is 7.76. The molecule has 0 spiro atoms. The Morgan fingerprint density at radius 2 is 2.18 bits per heavy atom. The summed E-state index contributed by atoms with van der Waals surface area (Å²) in [6.07, 6.45) is 4.89. The molecule has 0 aliphatic rings. The van der Waals surface area contributed by atoms with Gasteiger partial charge in [0, 0.05) is 19.0 Å². The average molecular weight is 251 g/mol. The van der Waals surface area contributed by atoms with Gasteiger partial charge in [0.25, 0.3) is 0 Å². The average Bonchev–Trinajstić information content (AvgIpc) is 2.73. The van der Waals surface area contributed by atoms with Crippen molar-refractivity contribution >= 4 is 12.2 Å². The second-order valence-electron chi connectivity index (χ2n) is 3.33. The first-order valence-corrected chi connectivity index (χ1v) is 5.72. The summed E-state index contributed by atoms with van der Waals surface area (Å²) in [4.78, 5) is 7.93. The van der Waals surface area contributed by atoms with Gasteiger partial charge in [-0.05, 0) is 19.1 Å². The van der Waals surface area contributed by atoms with Crippen LogP contribution < -0.4 is 0 Å². The molecule has 2 aromatic rings. The molecule has 0 bridgehead atoms. The van der Waals surface area contributed by atoms with Crippen LogP contribution in [0.3, 0.4) is 0 Å². The fraction of sp³-hybridized carbons (Fsp3) is 0.400. The number of aromatic amines is 1. The van der Waals surface area contributed by atoms with E-state index in [1.54, 1.807) is 12.4 Å². The van der Waals surface area contributed by atoms with Gasteiger partial charge in [-0.1, -0.05) is 0 Å². The predicted octanol–water partition coefficient (Wildman–Crippen LogP) is 1.43. The van der Waals surface area contributed by atoms with Crippen LogP contribution in [0.1, 0.15) is 6.92 Å².